The maximum Gasteiger partial charge on any atom is 0.271 e. The van der Waals surface area contributed by atoms with Crippen molar-refractivity contribution in [2.75, 3.05) is 0 Å². The van der Waals surface area contributed by atoms with Gasteiger partial charge in [-0.1, -0.05) is 23.7 Å². The maximum atomic E-state index is 12.0. The summed E-state index contributed by atoms with van der Waals surface area (Å²) in [5.41, 5.74) is 4.30. The van der Waals surface area contributed by atoms with E-state index in [0.29, 0.717) is 10.0 Å². The summed E-state index contributed by atoms with van der Waals surface area (Å²) in [7, 11) is 0. The monoisotopic (exact) mass is 397 g/mol. The third kappa shape index (κ3) is 4.05. The number of nitrogens with zero attached hydrogens (tertiary/aromatic N) is 1. The van der Waals surface area contributed by atoms with Gasteiger partial charge in [-0.2, -0.15) is 0 Å². The van der Waals surface area contributed by atoms with E-state index >= 15 is 0 Å². The smallest absolute Gasteiger partial charge is 0.267 e. The molecule has 0 radical (unpaired) electrons. The first kappa shape index (κ1) is 16.9. The summed E-state index contributed by atoms with van der Waals surface area (Å²) in [5.74, 6) is -1.31. The van der Waals surface area contributed by atoms with Crippen LogP contribution < -0.4 is 10.9 Å². The van der Waals surface area contributed by atoms with E-state index in [2.05, 4.69) is 26.8 Å². The summed E-state index contributed by atoms with van der Waals surface area (Å²) in [6.07, 6.45) is 0. The number of nitrogens with one attached hydrogen (secondary N) is 2. The fraction of sp³-hybridized carbons (Fsp3) is 0. The van der Waals surface area contributed by atoms with Gasteiger partial charge < -0.3 is 0 Å². The zero-order chi connectivity index (χ0) is 17.0. The molecule has 9 heteroatoms. The number of rotatable bonds is 3. The molecule has 0 saturated heterocycles. The highest BCUT2D eigenvalue weighted by Gasteiger charge is 2.17. The van der Waals surface area contributed by atoms with Crippen LogP contribution in [0.25, 0.3) is 0 Å². The van der Waals surface area contributed by atoms with Crippen molar-refractivity contribution >= 4 is 45.0 Å². The molecule has 0 atom stereocenters. The molecule has 0 saturated carbocycles. The van der Waals surface area contributed by atoms with Crippen molar-refractivity contribution in [1.29, 1.82) is 0 Å². The molecule has 2 aromatic carbocycles. The first-order chi connectivity index (χ1) is 10.9. The van der Waals surface area contributed by atoms with Gasteiger partial charge in [-0.3, -0.25) is 30.6 Å². The van der Waals surface area contributed by atoms with Crippen molar-refractivity contribution in [2.24, 2.45) is 0 Å². The zero-order valence-corrected chi connectivity index (χ0v) is 13.7. The van der Waals surface area contributed by atoms with Crippen LogP contribution in [0.15, 0.2) is 46.9 Å². The number of benzene rings is 2. The number of carbonyl (C=O) groups is 2. The summed E-state index contributed by atoms with van der Waals surface area (Å²) in [6, 6.07) is 10.1. The predicted molar refractivity (Wildman–Crippen MR) is 87.2 cm³/mol. The Morgan fingerprint density at radius 1 is 1.04 bits per heavy atom. The van der Waals surface area contributed by atoms with E-state index in [-0.39, 0.29) is 16.3 Å². The van der Waals surface area contributed by atoms with Crippen molar-refractivity contribution in [2.45, 2.75) is 0 Å². The fourth-order valence-electron chi connectivity index (χ4n) is 1.69. The molecule has 0 spiro atoms. The van der Waals surface area contributed by atoms with Crippen LogP contribution in [0.4, 0.5) is 5.69 Å². The molecule has 2 aromatic rings. The standard InChI is InChI=1S/C14H9BrClN3O4/c15-11-4-2-1-3-9(11)13(20)17-18-14(21)10-7-8(19(22)23)5-6-12(10)16/h1-7H,(H,17,20)(H,18,21). The van der Waals surface area contributed by atoms with E-state index in [4.69, 9.17) is 11.6 Å². The molecule has 0 unspecified atom stereocenters. The Morgan fingerprint density at radius 2 is 1.65 bits per heavy atom. The summed E-state index contributed by atoms with van der Waals surface area (Å²) in [6.45, 7) is 0. The predicted octanol–water partition coefficient (Wildman–Crippen LogP) is 3.09. The van der Waals surface area contributed by atoms with Crippen molar-refractivity contribution < 1.29 is 14.5 Å². The van der Waals surface area contributed by atoms with Crippen LogP contribution in [0, 0.1) is 10.1 Å². The normalized spacial score (nSPS) is 10.0. The van der Waals surface area contributed by atoms with Gasteiger partial charge in [0.1, 0.15) is 0 Å². The number of halogens is 2. The third-order valence-electron chi connectivity index (χ3n) is 2.81. The molecule has 0 aliphatic carbocycles. The van der Waals surface area contributed by atoms with Crippen molar-refractivity contribution in [1.82, 2.24) is 10.9 Å². The Hall–Kier alpha value is -2.45. The molecule has 23 heavy (non-hydrogen) atoms. The van der Waals surface area contributed by atoms with Gasteiger partial charge in [-0.15, -0.1) is 0 Å². The van der Waals surface area contributed by atoms with Crippen LogP contribution >= 0.6 is 27.5 Å². The molecule has 7 nitrogen and oxygen atoms in total. The molecule has 2 amide bonds. The molecule has 0 fully saturated rings. The molecule has 2 rings (SSSR count). The van der Waals surface area contributed by atoms with Crippen molar-refractivity contribution in [3.8, 4) is 0 Å². The Morgan fingerprint density at radius 3 is 2.26 bits per heavy atom. The van der Waals surface area contributed by atoms with E-state index in [1.807, 2.05) is 0 Å². The van der Waals surface area contributed by atoms with Crippen LogP contribution in [0.1, 0.15) is 20.7 Å². The van der Waals surface area contributed by atoms with E-state index in [0.717, 1.165) is 6.07 Å². The Kier molecular flexibility index (Phi) is 5.30. The minimum atomic E-state index is -0.765. The molecule has 0 bridgehead atoms. The van der Waals surface area contributed by atoms with Crippen LogP contribution in [-0.4, -0.2) is 16.7 Å². The summed E-state index contributed by atoms with van der Waals surface area (Å²) >= 11 is 9.07. The van der Waals surface area contributed by atoms with Gasteiger partial charge in [0.2, 0.25) is 0 Å². The summed E-state index contributed by atoms with van der Waals surface area (Å²) in [4.78, 5) is 34.1. The highest BCUT2D eigenvalue weighted by Crippen LogP contribution is 2.22. The number of non-ortho nitro benzene ring substituents is 1. The number of hydrazine groups is 1. The molecular formula is C14H9BrClN3O4. The largest absolute Gasteiger partial charge is 0.271 e. The second kappa shape index (κ2) is 7.21. The minimum absolute atomic E-state index is 0.0308. The maximum absolute atomic E-state index is 12.0. The summed E-state index contributed by atoms with van der Waals surface area (Å²) in [5, 5.41) is 10.8. The van der Waals surface area contributed by atoms with Crippen molar-refractivity contribution in [3.63, 3.8) is 0 Å². The van der Waals surface area contributed by atoms with Gasteiger partial charge in [0.15, 0.2) is 0 Å². The number of nitro benzene ring substituents is 1. The lowest BCUT2D eigenvalue weighted by molar-refractivity contribution is -0.384. The molecule has 0 aliphatic heterocycles. The first-order valence-electron chi connectivity index (χ1n) is 6.19. The van der Waals surface area contributed by atoms with E-state index in [1.54, 1.807) is 24.3 Å². The fourth-order valence-corrected chi connectivity index (χ4v) is 2.36. The highest BCUT2D eigenvalue weighted by molar-refractivity contribution is 9.10. The third-order valence-corrected chi connectivity index (χ3v) is 3.83. The van der Waals surface area contributed by atoms with Crippen LogP contribution in [0.3, 0.4) is 0 Å². The summed E-state index contributed by atoms with van der Waals surface area (Å²) < 4.78 is 0.556. The SMILES string of the molecule is O=C(NNC(=O)c1ccccc1Br)c1cc([N+](=O)[O-])ccc1Cl. The second-order valence-electron chi connectivity index (χ2n) is 4.31. The number of amides is 2. The van der Waals surface area contributed by atoms with Gasteiger partial charge in [0.05, 0.1) is 21.1 Å². The van der Waals surface area contributed by atoms with Gasteiger partial charge in [0.25, 0.3) is 17.5 Å². The van der Waals surface area contributed by atoms with Crippen molar-refractivity contribution in [3.05, 3.63) is 73.2 Å². The van der Waals surface area contributed by atoms with Crippen LogP contribution in [-0.2, 0) is 0 Å². The zero-order valence-electron chi connectivity index (χ0n) is 11.4. The lowest BCUT2D eigenvalue weighted by atomic mass is 10.2. The molecule has 0 heterocycles. The van der Waals surface area contributed by atoms with Gasteiger partial charge in [-0.25, -0.2) is 0 Å². The Balaban J connectivity index is 2.11. The average molecular weight is 399 g/mol. The number of hydrogen-bond donors (Lipinski definition) is 2. The Bertz CT molecular complexity index is 797. The highest BCUT2D eigenvalue weighted by atomic mass is 79.9. The number of hydrogen-bond acceptors (Lipinski definition) is 4. The average Bonchev–Trinajstić information content (AvgIpc) is 2.53. The number of carbonyl (C=O) groups excluding carboxylic acids is 2. The first-order valence-corrected chi connectivity index (χ1v) is 7.36. The van der Waals surface area contributed by atoms with E-state index < -0.39 is 16.7 Å². The molecule has 0 aliphatic rings. The topological polar surface area (TPSA) is 101 Å². The molecule has 2 N–H and O–H groups in total. The minimum Gasteiger partial charge on any atom is -0.267 e. The number of nitro groups is 1. The molecular weight excluding hydrogens is 390 g/mol. The van der Waals surface area contributed by atoms with E-state index in [1.165, 1.54) is 12.1 Å². The second-order valence-corrected chi connectivity index (χ2v) is 5.57. The van der Waals surface area contributed by atoms with Gasteiger partial charge in [-0.05, 0) is 34.1 Å². The van der Waals surface area contributed by atoms with E-state index in [9.17, 15) is 19.7 Å². The van der Waals surface area contributed by atoms with Crippen LogP contribution in [0.2, 0.25) is 5.02 Å². The lowest BCUT2D eigenvalue weighted by Gasteiger charge is -2.09. The Labute approximate surface area is 143 Å². The quantitative estimate of drug-likeness (QED) is 0.613. The molecule has 0 aromatic heterocycles. The molecule has 118 valence electrons. The van der Waals surface area contributed by atoms with Gasteiger partial charge >= 0.3 is 0 Å². The lowest BCUT2D eigenvalue weighted by Crippen LogP contribution is -2.41. The van der Waals surface area contributed by atoms with Gasteiger partial charge in [0, 0.05) is 16.6 Å². The van der Waals surface area contributed by atoms with Crippen LogP contribution in [0.5, 0.6) is 0 Å².